The summed E-state index contributed by atoms with van der Waals surface area (Å²) in [6.07, 6.45) is 2.56. The first kappa shape index (κ1) is 18.1. The summed E-state index contributed by atoms with van der Waals surface area (Å²) in [5, 5.41) is 8.23. The number of halogens is 2. The van der Waals surface area contributed by atoms with Crippen molar-refractivity contribution in [2.75, 3.05) is 19.6 Å². The van der Waals surface area contributed by atoms with E-state index in [2.05, 4.69) is 22.5 Å². The summed E-state index contributed by atoms with van der Waals surface area (Å²) in [5.41, 5.74) is 3.48. The fourth-order valence-electron chi connectivity index (χ4n) is 3.23. The van der Waals surface area contributed by atoms with Gasteiger partial charge in [-0.15, -0.1) is 12.4 Å². The maximum atomic E-state index is 12.0. The molecule has 2 aromatic rings. The van der Waals surface area contributed by atoms with Gasteiger partial charge in [0.2, 0.25) is 5.91 Å². The van der Waals surface area contributed by atoms with E-state index < -0.39 is 0 Å². The van der Waals surface area contributed by atoms with Crippen molar-refractivity contribution in [3.8, 4) is 0 Å². The van der Waals surface area contributed by atoms with E-state index in [0.717, 1.165) is 47.6 Å². The van der Waals surface area contributed by atoms with Crippen molar-refractivity contribution in [3.05, 3.63) is 34.5 Å². The van der Waals surface area contributed by atoms with Crippen LogP contribution in [-0.4, -0.2) is 30.5 Å². The number of carbonyl (C=O) groups is 1. The second-order valence-corrected chi connectivity index (χ2v) is 6.52. The number of fused-ring (bicyclic) bond motifs is 1. The maximum Gasteiger partial charge on any atom is 0.220 e. The normalized spacial score (nSPS) is 17.2. The summed E-state index contributed by atoms with van der Waals surface area (Å²) >= 11 is 6.09. The van der Waals surface area contributed by atoms with Crippen LogP contribution >= 0.6 is 24.0 Å². The lowest BCUT2D eigenvalue weighted by Crippen LogP contribution is -2.28. The molecule has 0 saturated carbocycles. The van der Waals surface area contributed by atoms with Gasteiger partial charge in [0.15, 0.2) is 0 Å². The first-order valence-corrected chi connectivity index (χ1v) is 8.25. The number of carbonyl (C=O) groups excluding carboxylic acids is 1. The smallest absolute Gasteiger partial charge is 0.220 e. The molecule has 3 rings (SSSR count). The number of nitrogens with one attached hydrogen (secondary N) is 3. The van der Waals surface area contributed by atoms with Gasteiger partial charge in [-0.3, -0.25) is 4.79 Å². The van der Waals surface area contributed by atoms with Crippen molar-refractivity contribution in [3.63, 3.8) is 0 Å². The predicted octanol–water partition coefficient (Wildman–Crippen LogP) is 3.21. The summed E-state index contributed by atoms with van der Waals surface area (Å²) in [7, 11) is 0. The number of hydrogen-bond acceptors (Lipinski definition) is 2. The van der Waals surface area contributed by atoms with E-state index in [1.54, 1.807) is 0 Å². The molecule has 0 bridgehead atoms. The van der Waals surface area contributed by atoms with Crippen molar-refractivity contribution in [1.82, 2.24) is 15.6 Å². The molecule has 1 fully saturated rings. The maximum absolute atomic E-state index is 12.0. The summed E-state index contributed by atoms with van der Waals surface area (Å²) in [4.78, 5) is 15.3. The first-order valence-electron chi connectivity index (χ1n) is 7.87. The van der Waals surface area contributed by atoms with Crippen molar-refractivity contribution in [2.45, 2.75) is 26.2 Å². The number of aromatic nitrogens is 1. The number of amides is 1. The number of hydrogen-bond donors (Lipinski definition) is 3. The topological polar surface area (TPSA) is 56.9 Å². The van der Waals surface area contributed by atoms with Crippen LogP contribution in [0.4, 0.5) is 0 Å². The molecule has 126 valence electrons. The van der Waals surface area contributed by atoms with Crippen molar-refractivity contribution < 1.29 is 4.79 Å². The summed E-state index contributed by atoms with van der Waals surface area (Å²) in [6, 6.07) is 5.88. The fourth-order valence-corrected chi connectivity index (χ4v) is 3.40. The van der Waals surface area contributed by atoms with Gasteiger partial charge in [0.1, 0.15) is 0 Å². The molecule has 0 radical (unpaired) electrons. The van der Waals surface area contributed by atoms with Gasteiger partial charge in [0.05, 0.1) is 0 Å². The fraction of sp³-hybridized carbons (Fsp3) is 0.471. The van der Waals surface area contributed by atoms with Gasteiger partial charge in [0.25, 0.3) is 0 Å². The van der Waals surface area contributed by atoms with Crippen molar-refractivity contribution in [1.29, 1.82) is 0 Å². The molecule has 1 aromatic carbocycles. The van der Waals surface area contributed by atoms with E-state index in [9.17, 15) is 4.79 Å². The quantitative estimate of drug-likeness (QED) is 0.771. The molecule has 1 unspecified atom stereocenters. The Balaban J connectivity index is 0.00000192. The van der Waals surface area contributed by atoms with Gasteiger partial charge in [-0.05, 0) is 62.5 Å². The largest absolute Gasteiger partial charge is 0.358 e. The Bertz CT molecular complexity index is 678. The molecule has 1 saturated heterocycles. The average Bonchev–Trinajstić information content (AvgIpc) is 3.08. The molecule has 3 N–H and O–H groups in total. The number of benzene rings is 1. The third-order valence-electron chi connectivity index (χ3n) is 4.42. The number of aromatic amines is 1. The molecule has 1 aliphatic rings. The first-order chi connectivity index (χ1) is 10.6. The van der Waals surface area contributed by atoms with Gasteiger partial charge >= 0.3 is 0 Å². The lowest BCUT2D eigenvalue weighted by Gasteiger charge is -2.09. The molecule has 23 heavy (non-hydrogen) atoms. The Kier molecular flexibility index (Phi) is 6.33. The molecule has 2 heterocycles. The Morgan fingerprint density at radius 3 is 3.00 bits per heavy atom. The molecule has 1 atom stereocenters. The Labute approximate surface area is 147 Å². The Hall–Kier alpha value is -1.23. The minimum absolute atomic E-state index is 0. The van der Waals surface area contributed by atoms with Gasteiger partial charge in [0, 0.05) is 34.6 Å². The van der Waals surface area contributed by atoms with Crippen LogP contribution in [0.25, 0.3) is 10.9 Å². The minimum Gasteiger partial charge on any atom is -0.358 e. The highest BCUT2D eigenvalue weighted by molar-refractivity contribution is 6.31. The van der Waals surface area contributed by atoms with E-state index in [4.69, 9.17) is 11.6 Å². The molecule has 1 aromatic heterocycles. The van der Waals surface area contributed by atoms with Crippen molar-refractivity contribution in [2.24, 2.45) is 5.92 Å². The van der Waals surface area contributed by atoms with Crippen LogP contribution in [0.1, 0.15) is 24.1 Å². The molecule has 0 spiro atoms. The van der Waals surface area contributed by atoms with E-state index in [-0.39, 0.29) is 18.3 Å². The van der Waals surface area contributed by atoms with Crippen LogP contribution in [-0.2, 0) is 11.2 Å². The zero-order valence-corrected chi connectivity index (χ0v) is 14.8. The standard InChI is InChI=1S/C17H22ClN3O.ClH/c1-11-14(15-9-13(18)2-3-16(15)21-11)5-7-20-17(22)8-12-4-6-19-10-12;/h2-3,9,12,19,21H,4-8,10H2,1H3,(H,20,22);1H. The van der Waals surface area contributed by atoms with Crippen LogP contribution in [0.3, 0.4) is 0 Å². The van der Waals surface area contributed by atoms with Gasteiger partial charge in [-0.1, -0.05) is 11.6 Å². The van der Waals surface area contributed by atoms with Crippen LogP contribution < -0.4 is 10.6 Å². The molecule has 0 aliphatic carbocycles. The number of rotatable bonds is 5. The van der Waals surface area contributed by atoms with E-state index in [1.807, 2.05) is 18.2 Å². The highest BCUT2D eigenvalue weighted by atomic mass is 35.5. The van der Waals surface area contributed by atoms with Crippen molar-refractivity contribution >= 4 is 40.8 Å². The second-order valence-electron chi connectivity index (χ2n) is 6.08. The summed E-state index contributed by atoms with van der Waals surface area (Å²) < 4.78 is 0. The molecule has 1 amide bonds. The zero-order chi connectivity index (χ0) is 15.5. The second kappa shape index (κ2) is 8.04. The van der Waals surface area contributed by atoms with Gasteiger partial charge in [-0.2, -0.15) is 0 Å². The molecule has 4 nitrogen and oxygen atoms in total. The monoisotopic (exact) mass is 355 g/mol. The summed E-state index contributed by atoms with van der Waals surface area (Å²) in [5.74, 6) is 0.651. The van der Waals surface area contributed by atoms with Crippen LogP contribution in [0.2, 0.25) is 5.02 Å². The Morgan fingerprint density at radius 1 is 1.43 bits per heavy atom. The third-order valence-corrected chi connectivity index (χ3v) is 4.65. The lowest BCUT2D eigenvalue weighted by molar-refractivity contribution is -0.121. The van der Waals surface area contributed by atoms with E-state index in [1.165, 1.54) is 5.56 Å². The highest BCUT2D eigenvalue weighted by Crippen LogP contribution is 2.25. The molecular formula is C17H23Cl2N3O. The average molecular weight is 356 g/mol. The minimum atomic E-state index is 0. The van der Waals surface area contributed by atoms with Gasteiger partial charge in [-0.25, -0.2) is 0 Å². The Morgan fingerprint density at radius 2 is 2.26 bits per heavy atom. The predicted molar refractivity (Wildman–Crippen MR) is 97.6 cm³/mol. The third kappa shape index (κ3) is 4.40. The molecular weight excluding hydrogens is 333 g/mol. The molecule has 1 aliphatic heterocycles. The number of aryl methyl sites for hydroxylation is 1. The van der Waals surface area contributed by atoms with E-state index >= 15 is 0 Å². The van der Waals surface area contributed by atoms with Crippen LogP contribution in [0, 0.1) is 12.8 Å². The lowest BCUT2D eigenvalue weighted by atomic mass is 10.0. The summed E-state index contributed by atoms with van der Waals surface area (Å²) in [6.45, 7) is 4.73. The number of H-pyrrole nitrogens is 1. The highest BCUT2D eigenvalue weighted by Gasteiger charge is 2.17. The van der Waals surface area contributed by atoms with Crippen LogP contribution in [0.5, 0.6) is 0 Å². The zero-order valence-electron chi connectivity index (χ0n) is 13.2. The van der Waals surface area contributed by atoms with Crippen LogP contribution in [0.15, 0.2) is 18.2 Å². The van der Waals surface area contributed by atoms with E-state index in [0.29, 0.717) is 18.9 Å². The SMILES string of the molecule is Cc1[nH]c2ccc(Cl)cc2c1CCNC(=O)CC1CCNC1.Cl. The van der Waals surface area contributed by atoms with Gasteiger partial charge < -0.3 is 15.6 Å². The molecule has 6 heteroatoms.